The van der Waals surface area contributed by atoms with E-state index in [4.69, 9.17) is 0 Å². The summed E-state index contributed by atoms with van der Waals surface area (Å²) >= 11 is 0. The summed E-state index contributed by atoms with van der Waals surface area (Å²) in [5.74, 6) is -0.295. The molecule has 0 aliphatic rings. The lowest BCUT2D eigenvalue weighted by Crippen LogP contribution is -2.31. The van der Waals surface area contributed by atoms with Crippen LogP contribution in [-0.2, 0) is 6.54 Å². The van der Waals surface area contributed by atoms with E-state index in [1.807, 2.05) is 42.5 Å². The zero-order chi connectivity index (χ0) is 15.0. The molecule has 106 valence electrons. The summed E-state index contributed by atoms with van der Waals surface area (Å²) in [6, 6.07) is 13.6. The zero-order valence-electron chi connectivity index (χ0n) is 11.5. The molecule has 0 unspecified atom stereocenters. The van der Waals surface area contributed by atoms with E-state index in [2.05, 4.69) is 4.98 Å². The van der Waals surface area contributed by atoms with Gasteiger partial charge in [0.05, 0.1) is 12.1 Å². The summed E-state index contributed by atoms with van der Waals surface area (Å²) < 4.78 is 1.17. The topological polar surface area (TPSA) is 75.1 Å². The maximum absolute atomic E-state index is 11.9. The molecule has 0 atom stereocenters. The first-order valence-electron chi connectivity index (χ1n) is 6.57. The summed E-state index contributed by atoms with van der Waals surface area (Å²) in [4.78, 5) is 25.6. The quantitative estimate of drug-likeness (QED) is 0.752. The van der Waals surface area contributed by atoms with Gasteiger partial charge < -0.3 is 5.11 Å². The van der Waals surface area contributed by atoms with Gasteiger partial charge in [0.25, 0.3) is 5.56 Å². The lowest BCUT2D eigenvalue weighted by atomic mass is 10.0. The molecule has 0 aliphatic heterocycles. The number of H-pyrrole nitrogens is 1. The minimum atomic E-state index is -0.615. The van der Waals surface area contributed by atoms with E-state index in [1.165, 1.54) is 11.5 Å². The highest BCUT2D eigenvalue weighted by Crippen LogP contribution is 2.20. The third-order valence-electron chi connectivity index (χ3n) is 3.61. The highest BCUT2D eigenvalue weighted by atomic mass is 16.3. The molecule has 1 aromatic heterocycles. The van der Waals surface area contributed by atoms with Gasteiger partial charge in [-0.2, -0.15) is 0 Å². The van der Waals surface area contributed by atoms with Crippen LogP contribution in [0, 0.1) is 6.92 Å². The molecule has 3 rings (SSSR count). The third-order valence-corrected chi connectivity index (χ3v) is 3.61. The van der Waals surface area contributed by atoms with Gasteiger partial charge in [-0.15, -0.1) is 0 Å². The van der Waals surface area contributed by atoms with E-state index in [1.54, 1.807) is 0 Å². The lowest BCUT2D eigenvalue weighted by Gasteiger charge is -2.11. The Bertz CT molecular complexity index is 933. The summed E-state index contributed by atoms with van der Waals surface area (Å²) in [5, 5.41) is 12.1. The van der Waals surface area contributed by atoms with Crippen molar-refractivity contribution in [2.75, 3.05) is 0 Å². The smallest absolute Gasteiger partial charge is 0.331 e. The predicted molar refractivity (Wildman–Crippen MR) is 80.8 cm³/mol. The zero-order valence-corrected chi connectivity index (χ0v) is 11.5. The van der Waals surface area contributed by atoms with Gasteiger partial charge in [0.2, 0.25) is 5.88 Å². The molecule has 5 heteroatoms. The van der Waals surface area contributed by atoms with Crippen molar-refractivity contribution in [2.45, 2.75) is 13.5 Å². The van der Waals surface area contributed by atoms with Crippen LogP contribution in [0.1, 0.15) is 11.1 Å². The lowest BCUT2D eigenvalue weighted by molar-refractivity contribution is 0.404. The molecule has 0 saturated carbocycles. The molecule has 3 aromatic rings. The minimum absolute atomic E-state index is 0.134. The molecular formula is C16H14N2O3. The molecule has 2 N–H and O–H groups in total. The summed E-state index contributed by atoms with van der Waals surface area (Å²) in [7, 11) is 0. The van der Waals surface area contributed by atoms with Crippen molar-refractivity contribution in [1.29, 1.82) is 0 Å². The van der Waals surface area contributed by atoms with Crippen LogP contribution in [0.5, 0.6) is 5.88 Å². The Kier molecular flexibility index (Phi) is 3.10. The van der Waals surface area contributed by atoms with Crippen LogP contribution in [0.4, 0.5) is 0 Å². The van der Waals surface area contributed by atoms with E-state index in [0.29, 0.717) is 0 Å². The SMILES string of the molecule is Cc1c(O)n(Cc2cccc3ccccc23)c(=O)[nH]c1=O. The van der Waals surface area contributed by atoms with Gasteiger partial charge >= 0.3 is 5.69 Å². The number of aromatic hydroxyl groups is 1. The maximum atomic E-state index is 11.9. The van der Waals surface area contributed by atoms with E-state index in [-0.39, 0.29) is 18.0 Å². The Morgan fingerprint density at radius 3 is 2.62 bits per heavy atom. The molecule has 2 aromatic carbocycles. The van der Waals surface area contributed by atoms with Gasteiger partial charge in [0, 0.05) is 0 Å². The molecule has 0 bridgehead atoms. The fourth-order valence-electron chi connectivity index (χ4n) is 2.41. The second kappa shape index (κ2) is 4.94. The fraction of sp³-hybridized carbons (Fsp3) is 0.125. The third kappa shape index (κ3) is 2.23. The molecular weight excluding hydrogens is 268 g/mol. The number of rotatable bonds is 2. The van der Waals surface area contributed by atoms with Crippen molar-refractivity contribution in [3.8, 4) is 5.88 Å². The van der Waals surface area contributed by atoms with Crippen LogP contribution in [0.2, 0.25) is 0 Å². The van der Waals surface area contributed by atoms with Crippen LogP contribution in [0.3, 0.4) is 0 Å². The van der Waals surface area contributed by atoms with E-state index < -0.39 is 11.2 Å². The number of nitrogens with zero attached hydrogens (tertiary/aromatic N) is 1. The predicted octanol–water partition coefficient (Wildman–Crippen LogP) is 1.75. The molecule has 0 saturated heterocycles. The highest BCUT2D eigenvalue weighted by Gasteiger charge is 2.11. The number of hydrogen-bond donors (Lipinski definition) is 2. The van der Waals surface area contributed by atoms with E-state index in [9.17, 15) is 14.7 Å². The summed E-state index contributed by atoms with van der Waals surface area (Å²) in [5.41, 5.74) is -0.144. The van der Waals surface area contributed by atoms with Crippen molar-refractivity contribution < 1.29 is 5.11 Å². The first-order chi connectivity index (χ1) is 10.1. The molecule has 0 fully saturated rings. The number of aromatic amines is 1. The molecule has 0 radical (unpaired) electrons. The van der Waals surface area contributed by atoms with Crippen LogP contribution < -0.4 is 11.2 Å². The van der Waals surface area contributed by atoms with Crippen molar-refractivity contribution in [1.82, 2.24) is 9.55 Å². The second-order valence-corrected chi connectivity index (χ2v) is 4.93. The molecule has 1 heterocycles. The first-order valence-corrected chi connectivity index (χ1v) is 6.57. The molecule has 0 amide bonds. The number of nitrogens with one attached hydrogen (secondary N) is 1. The van der Waals surface area contributed by atoms with Gasteiger partial charge in [-0.25, -0.2) is 4.79 Å². The van der Waals surface area contributed by atoms with Gasteiger partial charge in [0.15, 0.2) is 0 Å². The minimum Gasteiger partial charge on any atom is -0.494 e. The Morgan fingerprint density at radius 1 is 1.10 bits per heavy atom. The average molecular weight is 282 g/mol. The second-order valence-electron chi connectivity index (χ2n) is 4.93. The van der Waals surface area contributed by atoms with E-state index >= 15 is 0 Å². The van der Waals surface area contributed by atoms with Gasteiger partial charge in [-0.05, 0) is 23.3 Å². The van der Waals surface area contributed by atoms with Crippen molar-refractivity contribution in [3.05, 3.63) is 74.4 Å². The highest BCUT2D eigenvalue weighted by molar-refractivity contribution is 5.85. The van der Waals surface area contributed by atoms with Gasteiger partial charge in [0.1, 0.15) is 0 Å². The maximum Gasteiger partial charge on any atom is 0.331 e. The normalized spacial score (nSPS) is 10.9. The number of aromatic nitrogens is 2. The average Bonchev–Trinajstić information content (AvgIpc) is 2.49. The number of fused-ring (bicyclic) bond motifs is 1. The molecule has 21 heavy (non-hydrogen) atoms. The molecule has 0 aliphatic carbocycles. The fourth-order valence-corrected chi connectivity index (χ4v) is 2.41. The van der Waals surface area contributed by atoms with Crippen LogP contribution in [0.15, 0.2) is 52.1 Å². The monoisotopic (exact) mass is 282 g/mol. The van der Waals surface area contributed by atoms with Gasteiger partial charge in [-0.3, -0.25) is 14.3 Å². The van der Waals surface area contributed by atoms with Crippen LogP contribution >= 0.6 is 0 Å². The van der Waals surface area contributed by atoms with Crippen LogP contribution in [0.25, 0.3) is 10.8 Å². The summed E-state index contributed by atoms with van der Waals surface area (Å²) in [6.07, 6.45) is 0. The van der Waals surface area contributed by atoms with Crippen molar-refractivity contribution in [3.63, 3.8) is 0 Å². The molecule has 5 nitrogen and oxygen atoms in total. The number of hydrogen-bond acceptors (Lipinski definition) is 3. The molecule has 0 spiro atoms. The Hall–Kier alpha value is -2.82. The van der Waals surface area contributed by atoms with E-state index in [0.717, 1.165) is 16.3 Å². The standard InChI is InChI=1S/C16H14N2O3/c1-10-14(19)17-16(21)18(15(10)20)9-12-7-4-6-11-5-2-3-8-13(11)12/h2-8,20H,9H2,1H3,(H,17,19,21). The Labute approximate surface area is 120 Å². The Balaban J connectivity index is 2.18. The van der Waals surface area contributed by atoms with Crippen molar-refractivity contribution in [2.24, 2.45) is 0 Å². The van der Waals surface area contributed by atoms with Crippen molar-refractivity contribution >= 4 is 10.8 Å². The first kappa shape index (κ1) is 13.2. The van der Waals surface area contributed by atoms with Crippen LogP contribution in [-0.4, -0.2) is 14.7 Å². The summed E-state index contributed by atoms with van der Waals surface area (Å²) in [6.45, 7) is 1.68. The number of benzene rings is 2. The Morgan fingerprint density at radius 2 is 1.81 bits per heavy atom. The largest absolute Gasteiger partial charge is 0.494 e. The van der Waals surface area contributed by atoms with Gasteiger partial charge in [-0.1, -0.05) is 42.5 Å².